The Balaban J connectivity index is 0. The molecule has 0 N–H and O–H groups in total. The lowest BCUT2D eigenvalue weighted by Crippen LogP contribution is -3.00. The van der Waals surface area contributed by atoms with Crippen LogP contribution in [0.1, 0.15) is 39.5 Å². The predicted octanol–water partition coefficient (Wildman–Crippen LogP) is 0.779. The van der Waals surface area contributed by atoms with Gasteiger partial charge in [0.05, 0.1) is 26.2 Å². The lowest BCUT2D eigenvalue weighted by atomic mass is 10.2. The maximum absolute atomic E-state index is 3.89. The van der Waals surface area contributed by atoms with E-state index in [-0.39, 0.29) is 17.0 Å². The summed E-state index contributed by atoms with van der Waals surface area (Å²) in [7, 11) is 0. The maximum Gasteiger partial charge on any atom is 0.0973 e. The molecule has 0 aromatic rings. The molecule has 0 atom stereocenters. The minimum absolute atomic E-state index is 0. The van der Waals surface area contributed by atoms with Crippen molar-refractivity contribution in [2.75, 3.05) is 26.2 Å². The van der Waals surface area contributed by atoms with Crippen molar-refractivity contribution >= 4 is 0 Å². The fraction of sp³-hybridized carbons (Fsp3) is 0.714. The van der Waals surface area contributed by atoms with E-state index in [4.69, 9.17) is 0 Å². The Morgan fingerprint density at radius 3 is 1.50 bits per heavy atom. The fourth-order valence-corrected chi connectivity index (χ4v) is 2.09. The molecule has 0 heterocycles. The number of halogens is 1. The predicted molar refractivity (Wildman–Crippen MR) is 69.9 cm³/mol. The van der Waals surface area contributed by atoms with E-state index in [0.717, 1.165) is 17.6 Å². The number of nitrogens with zero attached hydrogens (tertiary/aromatic N) is 1. The van der Waals surface area contributed by atoms with Crippen LogP contribution in [0.15, 0.2) is 25.3 Å². The van der Waals surface area contributed by atoms with Crippen LogP contribution >= 0.6 is 0 Å². The second kappa shape index (κ2) is 11.4. The molecule has 16 heavy (non-hydrogen) atoms. The van der Waals surface area contributed by atoms with Crippen LogP contribution < -0.4 is 17.0 Å². The molecule has 0 aromatic heterocycles. The number of rotatable bonds is 10. The van der Waals surface area contributed by atoms with Crippen LogP contribution in [0.3, 0.4) is 0 Å². The summed E-state index contributed by atoms with van der Waals surface area (Å²) in [6.45, 7) is 17.0. The number of hydrogen-bond donors (Lipinski definition) is 0. The molecular weight excluding hydrogens is 262 g/mol. The largest absolute Gasteiger partial charge is 1.00 e. The fourth-order valence-electron chi connectivity index (χ4n) is 2.09. The van der Waals surface area contributed by atoms with Crippen molar-refractivity contribution in [2.24, 2.45) is 0 Å². The highest BCUT2D eigenvalue weighted by Crippen LogP contribution is 2.12. The van der Waals surface area contributed by atoms with Crippen molar-refractivity contribution in [3.05, 3.63) is 25.3 Å². The Hall–Kier alpha value is -0.0800. The van der Waals surface area contributed by atoms with E-state index in [0.29, 0.717) is 0 Å². The topological polar surface area (TPSA) is 0 Å². The molecule has 0 saturated heterocycles. The highest BCUT2D eigenvalue weighted by atomic mass is 79.9. The van der Waals surface area contributed by atoms with Crippen LogP contribution in [-0.2, 0) is 0 Å². The van der Waals surface area contributed by atoms with Gasteiger partial charge in [0.25, 0.3) is 0 Å². The van der Waals surface area contributed by atoms with E-state index >= 15 is 0 Å². The summed E-state index contributed by atoms with van der Waals surface area (Å²) in [6.07, 6.45) is 9.31. The normalized spacial score (nSPS) is 10.6. The minimum atomic E-state index is 0. The van der Waals surface area contributed by atoms with Crippen molar-refractivity contribution in [3.63, 3.8) is 0 Å². The van der Waals surface area contributed by atoms with Gasteiger partial charge in [-0.25, -0.2) is 0 Å². The SMILES string of the molecule is C=CC[N+](CC=C)(CCCC)CCCC.[Br-]. The third kappa shape index (κ3) is 7.24. The van der Waals surface area contributed by atoms with E-state index in [9.17, 15) is 0 Å². The van der Waals surface area contributed by atoms with Gasteiger partial charge in [-0.2, -0.15) is 0 Å². The summed E-state index contributed by atoms with van der Waals surface area (Å²) >= 11 is 0. The molecule has 0 fully saturated rings. The zero-order chi connectivity index (χ0) is 11.6. The van der Waals surface area contributed by atoms with Crippen molar-refractivity contribution in [1.29, 1.82) is 0 Å². The Labute approximate surface area is 113 Å². The van der Waals surface area contributed by atoms with Crippen LogP contribution in [0.2, 0.25) is 0 Å². The molecule has 1 nitrogen and oxygen atoms in total. The lowest BCUT2D eigenvalue weighted by molar-refractivity contribution is -0.917. The number of unbranched alkanes of at least 4 members (excludes halogenated alkanes) is 2. The van der Waals surface area contributed by atoms with Crippen molar-refractivity contribution in [2.45, 2.75) is 39.5 Å². The first-order valence-corrected chi connectivity index (χ1v) is 6.31. The maximum atomic E-state index is 3.89. The minimum Gasteiger partial charge on any atom is -1.00 e. The average Bonchev–Trinajstić information content (AvgIpc) is 2.24. The summed E-state index contributed by atoms with van der Waals surface area (Å²) in [6, 6.07) is 0. The zero-order valence-electron chi connectivity index (χ0n) is 11.1. The van der Waals surface area contributed by atoms with E-state index in [1.54, 1.807) is 0 Å². The lowest BCUT2D eigenvalue weighted by Gasteiger charge is -2.37. The number of hydrogen-bond acceptors (Lipinski definition) is 0. The van der Waals surface area contributed by atoms with Gasteiger partial charge >= 0.3 is 0 Å². The molecule has 0 aliphatic rings. The Kier molecular flexibility index (Phi) is 13.0. The molecular formula is C14H28BrN. The van der Waals surface area contributed by atoms with E-state index in [2.05, 4.69) is 39.2 Å². The molecule has 0 aliphatic heterocycles. The summed E-state index contributed by atoms with van der Waals surface area (Å²) in [5, 5.41) is 0. The standard InChI is InChI=1S/C14H28N.BrH/c1-5-9-13-15(11-7-3,12-8-4)14-10-6-2;/h7-8H,3-6,9-14H2,1-2H3;1H/q+1;/p-1. The van der Waals surface area contributed by atoms with Crippen molar-refractivity contribution in [3.8, 4) is 0 Å². The van der Waals surface area contributed by atoms with Gasteiger partial charge < -0.3 is 21.5 Å². The zero-order valence-corrected chi connectivity index (χ0v) is 12.6. The smallest absolute Gasteiger partial charge is 0.0973 e. The molecule has 0 amide bonds. The molecule has 0 spiro atoms. The van der Waals surface area contributed by atoms with Gasteiger partial charge in [0.15, 0.2) is 0 Å². The molecule has 0 saturated carbocycles. The third-order valence-corrected chi connectivity index (χ3v) is 3.00. The molecule has 96 valence electrons. The van der Waals surface area contributed by atoms with Gasteiger partial charge in [-0.15, -0.1) is 0 Å². The first-order chi connectivity index (χ1) is 7.24. The van der Waals surface area contributed by atoms with Gasteiger partial charge in [-0.05, 0) is 25.0 Å². The monoisotopic (exact) mass is 289 g/mol. The summed E-state index contributed by atoms with van der Waals surface area (Å²) < 4.78 is 1.16. The van der Waals surface area contributed by atoms with Gasteiger partial charge in [-0.3, -0.25) is 0 Å². The highest BCUT2D eigenvalue weighted by Gasteiger charge is 2.22. The Bertz CT molecular complexity index is 158. The molecule has 0 aromatic carbocycles. The summed E-state index contributed by atoms with van der Waals surface area (Å²) in [5.41, 5.74) is 0. The van der Waals surface area contributed by atoms with Gasteiger partial charge in [0, 0.05) is 0 Å². The van der Waals surface area contributed by atoms with Crippen molar-refractivity contribution in [1.82, 2.24) is 0 Å². The van der Waals surface area contributed by atoms with Crippen LogP contribution in [0, 0.1) is 0 Å². The summed E-state index contributed by atoms with van der Waals surface area (Å²) in [5.74, 6) is 0. The average molecular weight is 290 g/mol. The first kappa shape index (κ1) is 18.3. The number of quaternary nitrogens is 1. The molecule has 0 radical (unpaired) electrons. The highest BCUT2D eigenvalue weighted by molar-refractivity contribution is 4.72. The van der Waals surface area contributed by atoms with Gasteiger partial charge in [0.2, 0.25) is 0 Å². The van der Waals surface area contributed by atoms with Gasteiger partial charge in [0.1, 0.15) is 0 Å². The van der Waals surface area contributed by atoms with E-state index in [1.807, 2.05) is 0 Å². The molecule has 0 rings (SSSR count). The van der Waals surface area contributed by atoms with Gasteiger partial charge in [-0.1, -0.05) is 39.8 Å². The Morgan fingerprint density at radius 1 is 0.875 bits per heavy atom. The Morgan fingerprint density at radius 2 is 1.25 bits per heavy atom. The molecule has 2 heteroatoms. The van der Waals surface area contributed by atoms with E-state index < -0.39 is 0 Å². The quantitative estimate of drug-likeness (QED) is 0.412. The third-order valence-electron chi connectivity index (χ3n) is 3.00. The second-order valence-electron chi connectivity index (χ2n) is 4.44. The van der Waals surface area contributed by atoms with Crippen LogP contribution in [0.4, 0.5) is 0 Å². The van der Waals surface area contributed by atoms with Crippen LogP contribution in [0.5, 0.6) is 0 Å². The summed E-state index contributed by atoms with van der Waals surface area (Å²) in [4.78, 5) is 0. The van der Waals surface area contributed by atoms with Crippen LogP contribution in [-0.4, -0.2) is 30.7 Å². The molecule has 0 unspecified atom stereocenters. The second-order valence-corrected chi connectivity index (χ2v) is 4.44. The van der Waals surface area contributed by atoms with Crippen molar-refractivity contribution < 1.29 is 21.5 Å². The van der Waals surface area contributed by atoms with E-state index in [1.165, 1.54) is 38.8 Å². The molecule has 0 aliphatic carbocycles. The first-order valence-electron chi connectivity index (χ1n) is 6.31. The molecule has 0 bridgehead atoms. The van der Waals surface area contributed by atoms with Crippen LogP contribution in [0.25, 0.3) is 0 Å².